The highest BCUT2D eigenvalue weighted by Crippen LogP contribution is 2.33. The predicted octanol–water partition coefficient (Wildman–Crippen LogP) is 3.27. The van der Waals surface area contributed by atoms with Crippen LogP contribution < -0.4 is 10.4 Å². The number of halogens is 1. The molecule has 140 valence electrons. The van der Waals surface area contributed by atoms with Crippen LogP contribution in [-0.4, -0.2) is 45.1 Å². The number of thiocarbonyl (C=S) groups is 1. The average Bonchev–Trinajstić information content (AvgIpc) is 2.70. The number of nitrogens with one attached hydrogen (secondary N) is 1. The minimum absolute atomic E-state index is 0.231. The van der Waals surface area contributed by atoms with E-state index in [1.807, 2.05) is 0 Å². The molecule has 1 N–H and O–H groups in total. The Morgan fingerprint density at radius 3 is 3.00 bits per heavy atom. The van der Waals surface area contributed by atoms with E-state index in [0.717, 1.165) is 19.4 Å². The number of hydroxylamine groups is 1. The standard InChI is InChI=1S/C18H18ClN5O2S/c19-14-9-12(22-17(25)15-10-20-6-7-21-15)4-5-16(14)24-18(27)23-8-2-1-3-13(23)11-26-24/h4-7,9-10,13H,1-3,8,11H2,(H,22,25). The largest absolute Gasteiger partial charge is 0.342 e. The molecule has 4 rings (SSSR count). The second-order valence-electron chi connectivity index (χ2n) is 6.43. The summed E-state index contributed by atoms with van der Waals surface area (Å²) in [5, 5.41) is 5.43. The van der Waals surface area contributed by atoms with Crippen molar-refractivity contribution in [1.29, 1.82) is 0 Å². The van der Waals surface area contributed by atoms with E-state index < -0.39 is 0 Å². The maximum atomic E-state index is 12.2. The monoisotopic (exact) mass is 403 g/mol. The molecule has 2 fully saturated rings. The Bertz CT molecular complexity index is 866. The smallest absolute Gasteiger partial charge is 0.275 e. The molecular weight excluding hydrogens is 386 g/mol. The number of carbonyl (C=O) groups excluding carboxylic acids is 1. The van der Waals surface area contributed by atoms with Crippen molar-refractivity contribution in [3.63, 3.8) is 0 Å². The van der Waals surface area contributed by atoms with Crippen LogP contribution in [0.15, 0.2) is 36.8 Å². The highest BCUT2D eigenvalue weighted by atomic mass is 35.5. The zero-order valence-corrected chi connectivity index (χ0v) is 16.0. The Morgan fingerprint density at radius 2 is 2.22 bits per heavy atom. The van der Waals surface area contributed by atoms with Gasteiger partial charge in [-0.1, -0.05) is 11.6 Å². The van der Waals surface area contributed by atoms with Gasteiger partial charge in [0.15, 0.2) is 0 Å². The third kappa shape index (κ3) is 3.73. The van der Waals surface area contributed by atoms with Crippen molar-refractivity contribution in [2.45, 2.75) is 25.3 Å². The molecular formula is C18H18ClN5O2S. The van der Waals surface area contributed by atoms with E-state index in [4.69, 9.17) is 28.7 Å². The first-order valence-corrected chi connectivity index (χ1v) is 9.52. The topological polar surface area (TPSA) is 70.6 Å². The molecule has 27 heavy (non-hydrogen) atoms. The highest BCUT2D eigenvalue weighted by molar-refractivity contribution is 7.80. The molecule has 0 bridgehead atoms. The third-order valence-corrected chi connectivity index (χ3v) is 5.37. The van der Waals surface area contributed by atoms with Gasteiger partial charge in [0.1, 0.15) is 5.69 Å². The number of rotatable bonds is 3. The zero-order chi connectivity index (χ0) is 18.8. The molecule has 0 saturated carbocycles. The lowest BCUT2D eigenvalue weighted by molar-refractivity contribution is 0.0376. The molecule has 1 amide bonds. The van der Waals surface area contributed by atoms with Crippen LogP contribution >= 0.6 is 23.8 Å². The van der Waals surface area contributed by atoms with Crippen molar-refractivity contribution in [3.05, 3.63) is 47.5 Å². The number of aromatic nitrogens is 2. The molecule has 2 aliphatic heterocycles. The Hall–Kier alpha value is -2.29. The predicted molar refractivity (Wildman–Crippen MR) is 107 cm³/mol. The molecule has 2 aromatic rings. The van der Waals surface area contributed by atoms with Gasteiger partial charge in [-0.2, -0.15) is 5.06 Å². The van der Waals surface area contributed by atoms with Gasteiger partial charge in [0.05, 0.1) is 29.6 Å². The van der Waals surface area contributed by atoms with Crippen LogP contribution in [0.1, 0.15) is 29.8 Å². The van der Waals surface area contributed by atoms with Crippen molar-refractivity contribution in [2.24, 2.45) is 0 Å². The number of carbonyl (C=O) groups is 1. The summed E-state index contributed by atoms with van der Waals surface area (Å²) in [5.74, 6) is -0.354. The molecule has 3 heterocycles. The van der Waals surface area contributed by atoms with Gasteiger partial charge in [-0.3, -0.25) is 14.6 Å². The van der Waals surface area contributed by atoms with E-state index >= 15 is 0 Å². The van der Waals surface area contributed by atoms with Crippen molar-refractivity contribution >= 4 is 46.2 Å². The van der Waals surface area contributed by atoms with Crippen LogP contribution in [-0.2, 0) is 4.84 Å². The Morgan fingerprint density at radius 1 is 1.33 bits per heavy atom. The number of nitrogens with zero attached hydrogens (tertiary/aromatic N) is 4. The summed E-state index contributed by atoms with van der Waals surface area (Å²) >= 11 is 12.1. The molecule has 2 saturated heterocycles. The van der Waals surface area contributed by atoms with E-state index in [1.54, 1.807) is 23.3 Å². The van der Waals surface area contributed by atoms with Crippen molar-refractivity contribution in [3.8, 4) is 0 Å². The summed E-state index contributed by atoms with van der Waals surface area (Å²) in [6, 6.07) is 5.54. The number of amides is 1. The fraction of sp³-hybridized carbons (Fsp3) is 0.333. The van der Waals surface area contributed by atoms with Gasteiger partial charge in [0.25, 0.3) is 5.91 Å². The Kier molecular flexibility index (Phi) is 5.20. The Balaban J connectivity index is 1.50. The Labute approximate surface area is 167 Å². The van der Waals surface area contributed by atoms with Crippen LogP contribution in [0.25, 0.3) is 0 Å². The summed E-state index contributed by atoms with van der Waals surface area (Å²) in [5.41, 5.74) is 1.44. The zero-order valence-electron chi connectivity index (χ0n) is 14.5. The minimum atomic E-state index is -0.354. The molecule has 1 unspecified atom stereocenters. The summed E-state index contributed by atoms with van der Waals surface area (Å²) in [4.78, 5) is 28.2. The SMILES string of the molecule is O=C(Nc1ccc(N2OCC3CCCCN3C2=S)c(Cl)c1)c1cnccn1. The van der Waals surface area contributed by atoms with Crippen LogP contribution in [0.5, 0.6) is 0 Å². The van der Waals surface area contributed by atoms with E-state index in [0.29, 0.717) is 34.2 Å². The second kappa shape index (κ2) is 7.75. The summed E-state index contributed by atoms with van der Waals surface area (Å²) in [6.07, 6.45) is 7.80. The van der Waals surface area contributed by atoms with E-state index in [9.17, 15) is 4.79 Å². The van der Waals surface area contributed by atoms with Gasteiger partial charge in [-0.05, 0) is 49.7 Å². The van der Waals surface area contributed by atoms with Crippen LogP contribution in [0.4, 0.5) is 11.4 Å². The maximum Gasteiger partial charge on any atom is 0.275 e. The molecule has 0 radical (unpaired) electrons. The number of fused-ring (bicyclic) bond motifs is 1. The highest BCUT2D eigenvalue weighted by Gasteiger charge is 2.34. The fourth-order valence-corrected chi connectivity index (χ4v) is 3.94. The third-order valence-electron chi connectivity index (χ3n) is 4.66. The lowest BCUT2D eigenvalue weighted by Gasteiger charge is -2.45. The quantitative estimate of drug-likeness (QED) is 0.788. The van der Waals surface area contributed by atoms with Crippen LogP contribution in [0, 0.1) is 0 Å². The molecule has 0 spiro atoms. The lowest BCUT2D eigenvalue weighted by Crippen LogP contribution is -2.57. The molecule has 7 nitrogen and oxygen atoms in total. The lowest BCUT2D eigenvalue weighted by atomic mass is 10.0. The van der Waals surface area contributed by atoms with Gasteiger partial charge in [0, 0.05) is 24.6 Å². The summed E-state index contributed by atoms with van der Waals surface area (Å²) < 4.78 is 0. The van der Waals surface area contributed by atoms with Gasteiger partial charge in [0.2, 0.25) is 5.11 Å². The molecule has 1 aromatic carbocycles. The van der Waals surface area contributed by atoms with Gasteiger partial charge >= 0.3 is 0 Å². The number of hydrogen-bond acceptors (Lipinski definition) is 5. The first-order chi connectivity index (χ1) is 13.1. The number of hydrogen-bond donors (Lipinski definition) is 1. The van der Waals surface area contributed by atoms with Crippen molar-refractivity contribution in [1.82, 2.24) is 14.9 Å². The van der Waals surface area contributed by atoms with Crippen LogP contribution in [0.2, 0.25) is 5.02 Å². The minimum Gasteiger partial charge on any atom is -0.342 e. The number of benzene rings is 1. The first-order valence-electron chi connectivity index (χ1n) is 8.74. The van der Waals surface area contributed by atoms with E-state index in [1.165, 1.54) is 25.0 Å². The van der Waals surface area contributed by atoms with Crippen LogP contribution in [0.3, 0.4) is 0 Å². The van der Waals surface area contributed by atoms with E-state index in [-0.39, 0.29) is 11.6 Å². The maximum absolute atomic E-state index is 12.2. The average molecular weight is 404 g/mol. The van der Waals surface area contributed by atoms with Gasteiger partial charge in [-0.25, -0.2) is 4.98 Å². The number of anilines is 2. The molecule has 1 aromatic heterocycles. The molecule has 0 aliphatic carbocycles. The molecule has 2 aliphatic rings. The fourth-order valence-electron chi connectivity index (χ4n) is 3.29. The van der Waals surface area contributed by atoms with Gasteiger partial charge in [-0.15, -0.1) is 0 Å². The van der Waals surface area contributed by atoms with E-state index in [2.05, 4.69) is 20.2 Å². The van der Waals surface area contributed by atoms with Crippen molar-refractivity contribution < 1.29 is 9.63 Å². The summed E-state index contributed by atoms with van der Waals surface area (Å²) in [6.45, 7) is 1.52. The molecule has 1 atom stereocenters. The first kappa shape index (κ1) is 18.1. The normalized spacial score (nSPS) is 19.6. The number of piperidine rings is 1. The summed E-state index contributed by atoms with van der Waals surface area (Å²) in [7, 11) is 0. The van der Waals surface area contributed by atoms with Gasteiger partial charge < -0.3 is 10.2 Å². The molecule has 9 heteroatoms. The second-order valence-corrected chi connectivity index (χ2v) is 7.20. The van der Waals surface area contributed by atoms with Crippen molar-refractivity contribution in [2.75, 3.05) is 23.5 Å².